The predicted molar refractivity (Wildman–Crippen MR) is 85.3 cm³/mol. The lowest BCUT2D eigenvalue weighted by atomic mass is 9.88. The van der Waals surface area contributed by atoms with Crippen LogP contribution in [-0.2, 0) is 22.4 Å². The van der Waals surface area contributed by atoms with Crippen molar-refractivity contribution in [2.75, 3.05) is 13.7 Å². The van der Waals surface area contributed by atoms with Crippen molar-refractivity contribution in [3.05, 3.63) is 64.7 Å². The van der Waals surface area contributed by atoms with Crippen LogP contribution < -0.4 is 4.74 Å². The summed E-state index contributed by atoms with van der Waals surface area (Å²) < 4.78 is 10.7. The molecule has 2 aromatic carbocycles. The largest absolute Gasteiger partial charge is 0.497 e. The molecule has 1 aliphatic rings. The van der Waals surface area contributed by atoms with Crippen LogP contribution in [0.1, 0.15) is 35.1 Å². The number of rotatable bonds is 3. The number of benzene rings is 2. The van der Waals surface area contributed by atoms with Crippen molar-refractivity contribution in [2.45, 2.75) is 25.7 Å². The average Bonchev–Trinajstić information content (AvgIpc) is 2.71. The molecule has 0 aliphatic heterocycles. The van der Waals surface area contributed by atoms with Gasteiger partial charge in [0.2, 0.25) is 0 Å². The lowest BCUT2D eigenvalue weighted by Crippen LogP contribution is -2.18. The third kappa shape index (κ3) is 2.59. The van der Waals surface area contributed by atoms with Gasteiger partial charge in [-0.05, 0) is 54.2 Å². The highest BCUT2D eigenvalue weighted by molar-refractivity contribution is 5.83. The van der Waals surface area contributed by atoms with Gasteiger partial charge in [0.15, 0.2) is 0 Å². The Kier molecular flexibility index (Phi) is 4.14. The molecule has 0 spiro atoms. The minimum atomic E-state index is -0.348. The molecular weight excluding hydrogens is 276 g/mol. The van der Waals surface area contributed by atoms with Crippen molar-refractivity contribution < 1.29 is 14.3 Å². The molecule has 0 amide bonds. The van der Waals surface area contributed by atoms with Gasteiger partial charge in [0.25, 0.3) is 0 Å². The molecule has 2 aromatic rings. The monoisotopic (exact) mass is 296 g/mol. The van der Waals surface area contributed by atoms with Gasteiger partial charge >= 0.3 is 5.97 Å². The second-order valence-corrected chi connectivity index (χ2v) is 5.45. The smallest absolute Gasteiger partial charge is 0.317 e. The Morgan fingerprint density at radius 2 is 1.82 bits per heavy atom. The fourth-order valence-corrected chi connectivity index (χ4v) is 3.17. The van der Waals surface area contributed by atoms with E-state index >= 15 is 0 Å². The number of hydrogen-bond acceptors (Lipinski definition) is 3. The molecule has 22 heavy (non-hydrogen) atoms. The van der Waals surface area contributed by atoms with Crippen LogP contribution >= 0.6 is 0 Å². The quantitative estimate of drug-likeness (QED) is 0.813. The first kappa shape index (κ1) is 14.6. The summed E-state index contributed by atoms with van der Waals surface area (Å²) in [5.74, 6) is 0.301. The number of esters is 1. The Morgan fingerprint density at radius 3 is 2.59 bits per heavy atom. The summed E-state index contributed by atoms with van der Waals surface area (Å²) in [5.41, 5.74) is 4.47. The van der Waals surface area contributed by atoms with Gasteiger partial charge in [-0.2, -0.15) is 0 Å². The van der Waals surface area contributed by atoms with Crippen LogP contribution in [0, 0.1) is 0 Å². The Labute approximate surface area is 130 Å². The zero-order valence-corrected chi connectivity index (χ0v) is 13.0. The van der Waals surface area contributed by atoms with Gasteiger partial charge in [-0.3, -0.25) is 4.79 Å². The molecule has 3 rings (SSSR count). The van der Waals surface area contributed by atoms with Gasteiger partial charge < -0.3 is 9.47 Å². The summed E-state index contributed by atoms with van der Waals surface area (Å²) in [6.45, 7) is 2.23. The van der Waals surface area contributed by atoms with Crippen molar-refractivity contribution in [3.63, 3.8) is 0 Å². The Hall–Kier alpha value is -2.29. The number of carbonyl (C=O) groups excluding carboxylic acids is 1. The lowest BCUT2D eigenvalue weighted by Gasteiger charge is -2.19. The highest BCUT2D eigenvalue weighted by atomic mass is 16.5. The highest BCUT2D eigenvalue weighted by Gasteiger charge is 2.30. The maximum absolute atomic E-state index is 12.6. The maximum atomic E-state index is 12.6. The van der Waals surface area contributed by atoms with Gasteiger partial charge in [-0.25, -0.2) is 0 Å². The topological polar surface area (TPSA) is 35.5 Å². The molecule has 3 heteroatoms. The Bertz CT molecular complexity index is 691. The van der Waals surface area contributed by atoms with E-state index in [0.717, 1.165) is 35.3 Å². The van der Waals surface area contributed by atoms with E-state index in [1.165, 1.54) is 5.56 Å². The van der Waals surface area contributed by atoms with Crippen LogP contribution in [0.2, 0.25) is 0 Å². The van der Waals surface area contributed by atoms with Crippen molar-refractivity contribution in [1.82, 2.24) is 0 Å². The molecule has 3 nitrogen and oxygen atoms in total. The van der Waals surface area contributed by atoms with Gasteiger partial charge in [0.1, 0.15) is 11.7 Å². The summed E-state index contributed by atoms with van der Waals surface area (Å²) >= 11 is 0. The summed E-state index contributed by atoms with van der Waals surface area (Å²) in [4.78, 5) is 12.6. The molecular formula is C19H20O3. The molecule has 0 bridgehead atoms. The SMILES string of the molecule is CCOC(=O)C1c2ccccc2CCc2cc(OC)ccc21. The average molecular weight is 296 g/mol. The third-order valence-corrected chi connectivity index (χ3v) is 4.21. The number of aryl methyl sites for hydroxylation is 2. The van der Waals surface area contributed by atoms with Crippen LogP contribution in [0.15, 0.2) is 42.5 Å². The van der Waals surface area contributed by atoms with Crippen molar-refractivity contribution in [2.24, 2.45) is 0 Å². The van der Waals surface area contributed by atoms with Crippen molar-refractivity contribution in [1.29, 1.82) is 0 Å². The van der Waals surface area contributed by atoms with Crippen LogP contribution in [0.4, 0.5) is 0 Å². The fourth-order valence-electron chi connectivity index (χ4n) is 3.17. The van der Waals surface area contributed by atoms with Crippen LogP contribution in [0.5, 0.6) is 5.75 Å². The van der Waals surface area contributed by atoms with Crippen molar-refractivity contribution >= 4 is 5.97 Å². The second-order valence-electron chi connectivity index (χ2n) is 5.45. The number of carbonyl (C=O) groups is 1. The highest BCUT2D eigenvalue weighted by Crippen LogP contribution is 2.36. The third-order valence-electron chi connectivity index (χ3n) is 4.21. The molecule has 0 saturated heterocycles. The van der Waals surface area contributed by atoms with Gasteiger partial charge in [-0.15, -0.1) is 0 Å². The predicted octanol–water partition coefficient (Wildman–Crippen LogP) is 3.49. The zero-order chi connectivity index (χ0) is 15.5. The van der Waals surface area contributed by atoms with E-state index in [-0.39, 0.29) is 11.9 Å². The Balaban J connectivity index is 2.15. The number of methoxy groups -OCH3 is 1. The molecule has 1 atom stereocenters. The molecule has 0 N–H and O–H groups in total. The fraction of sp³-hybridized carbons (Fsp3) is 0.316. The normalized spacial score (nSPS) is 16.2. The van der Waals surface area contributed by atoms with Crippen LogP contribution in [0.3, 0.4) is 0 Å². The van der Waals surface area contributed by atoms with E-state index in [4.69, 9.17) is 9.47 Å². The van der Waals surface area contributed by atoms with E-state index in [2.05, 4.69) is 6.07 Å². The van der Waals surface area contributed by atoms with E-state index in [0.29, 0.717) is 6.61 Å². The minimum absolute atomic E-state index is 0.178. The Morgan fingerprint density at radius 1 is 1.09 bits per heavy atom. The van der Waals surface area contributed by atoms with E-state index < -0.39 is 0 Å². The van der Waals surface area contributed by atoms with Gasteiger partial charge in [0.05, 0.1) is 13.7 Å². The van der Waals surface area contributed by atoms with E-state index in [1.807, 2.05) is 43.3 Å². The molecule has 0 radical (unpaired) electrons. The van der Waals surface area contributed by atoms with Gasteiger partial charge in [0, 0.05) is 0 Å². The first-order valence-electron chi connectivity index (χ1n) is 7.65. The van der Waals surface area contributed by atoms with Crippen LogP contribution in [-0.4, -0.2) is 19.7 Å². The lowest BCUT2D eigenvalue weighted by molar-refractivity contribution is -0.143. The molecule has 1 aliphatic carbocycles. The number of hydrogen-bond donors (Lipinski definition) is 0. The molecule has 1 unspecified atom stereocenters. The summed E-state index contributed by atoms with van der Waals surface area (Å²) in [7, 11) is 1.66. The molecule has 0 saturated carbocycles. The molecule has 114 valence electrons. The van der Waals surface area contributed by atoms with E-state index in [9.17, 15) is 4.79 Å². The molecule has 0 aromatic heterocycles. The second kappa shape index (κ2) is 6.22. The number of fused-ring (bicyclic) bond motifs is 2. The maximum Gasteiger partial charge on any atom is 0.317 e. The minimum Gasteiger partial charge on any atom is -0.497 e. The van der Waals surface area contributed by atoms with Gasteiger partial charge in [-0.1, -0.05) is 30.3 Å². The molecule has 0 fully saturated rings. The van der Waals surface area contributed by atoms with E-state index in [1.54, 1.807) is 7.11 Å². The zero-order valence-electron chi connectivity index (χ0n) is 13.0. The standard InChI is InChI=1S/C19H20O3/c1-3-22-19(20)18-16-7-5-4-6-13(16)8-9-14-12-15(21-2)10-11-17(14)18/h4-7,10-12,18H,3,8-9H2,1-2H3. The van der Waals surface area contributed by atoms with Crippen LogP contribution in [0.25, 0.3) is 0 Å². The summed E-state index contributed by atoms with van der Waals surface area (Å²) in [6.07, 6.45) is 1.83. The first-order valence-corrected chi connectivity index (χ1v) is 7.65. The van der Waals surface area contributed by atoms with Crippen molar-refractivity contribution in [3.8, 4) is 5.75 Å². The first-order chi connectivity index (χ1) is 10.7. The summed E-state index contributed by atoms with van der Waals surface area (Å²) in [6, 6.07) is 14.1. The number of ether oxygens (including phenoxy) is 2. The molecule has 0 heterocycles. The summed E-state index contributed by atoms with van der Waals surface area (Å²) in [5, 5.41) is 0.